The number of hydrogen-bond acceptors (Lipinski definition) is 4. The normalized spacial score (nSPS) is 11.4. The Labute approximate surface area is 132 Å². The lowest BCUT2D eigenvalue weighted by atomic mass is 10.1. The minimum Gasteiger partial charge on any atom is -0.326 e. The van der Waals surface area contributed by atoms with Gasteiger partial charge in [0.15, 0.2) is 5.82 Å². The van der Waals surface area contributed by atoms with E-state index >= 15 is 0 Å². The number of nitrogens with one attached hydrogen (secondary N) is 1. The van der Waals surface area contributed by atoms with Crippen LogP contribution in [0.5, 0.6) is 0 Å². The van der Waals surface area contributed by atoms with Crippen LogP contribution in [-0.2, 0) is 23.0 Å². The highest BCUT2D eigenvalue weighted by molar-refractivity contribution is 9.10. The number of sulfonamides is 1. The first kappa shape index (κ1) is 15.9. The van der Waals surface area contributed by atoms with Crippen LogP contribution in [0.4, 0.5) is 5.82 Å². The zero-order valence-electron chi connectivity index (χ0n) is 11.5. The Morgan fingerprint density at radius 3 is 2.67 bits per heavy atom. The van der Waals surface area contributed by atoms with Gasteiger partial charge in [-0.1, -0.05) is 13.0 Å². The molecule has 0 fully saturated rings. The van der Waals surface area contributed by atoms with Crippen LogP contribution < -0.4 is 10.5 Å². The molecule has 7 heteroatoms. The molecule has 0 atom stereocenters. The van der Waals surface area contributed by atoms with E-state index in [9.17, 15) is 8.42 Å². The van der Waals surface area contributed by atoms with Gasteiger partial charge >= 0.3 is 0 Å². The number of hydrogen-bond donors (Lipinski definition) is 2. The van der Waals surface area contributed by atoms with Crippen molar-refractivity contribution in [1.82, 2.24) is 4.98 Å². The number of nitrogens with two attached hydrogens (primary N) is 1. The van der Waals surface area contributed by atoms with Crippen molar-refractivity contribution in [3.63, 3.8) is 0 Å². The largest absolute Gasteiger partial charge is 0.326 e. The average molecular weight is 370 g/mol. The highest BCUT2D eigenvalue weighted by Gasteiger charge is 2.17. The summed E-state index contributed by atoms with van der Waals surface area (Å²) in [7, 11) is -3.69. The minimum absolute atomic E-state index is 0.178. The molecule has 1 aromatic heterocycles. The number of aromatic nitrogens is 1. The summed E-state index contributed by atoms with van der Waals surface area (Å²) in [6, 6.07) is 8.42. The molecule has 0 radical (unpaired) electrons. The van der Waals surface area contributed by atoms with E-state index in [-0.39, 0.29) is 10.7 Å². The predicted molar refractivity (Wildman–Crippen MR) is 86.5 cm³/mol. The Hall–Kier alpha value is -1.44. The second kappa shape index (κ2) is 6.55. The zero-order chi connectivity index (χ0) is 15.5. The van der Waals surface area contributed by atoms with Crippen LogP contribution in [0.3, 0.4) is 0 Å². The van der Waals surface area contributed by atoms with E-state index in [0.29, 0.717) is 11.0 Å². The smallest absolute Gasteiger partial charge is 0.263 e. The number of rotatable bonds is 5. The highest BCUT2D eigenvalue weighted by atomic mass is 79.9. The van der Waals surface area contributed by atoms with Crippen molar-refractivity contribution in [1.29, 1.82) is 0 Å². The fourth-order valence-electron chi connectivity index (χ4n) is 1.95. The SMILES string of the molecule is CCc1ccc(S(=O)(=O)Nc2ncccc2Br)cc1CN. The van der Waals surface area contributed by atoms with Crippen LogP contribution in [0.25, 0.3) is 0 Å². The third-order valence-electron chi connectivity index (χ3n) is 3.08. The molecule has 0 aliphatic rings. The fraction of sp³-hybridized carbons (Fsp3) is 0.214. The topological polar surface area (TPSA) is 85.1 Å². The molecule has 0 bridgehead atoms. The number of aryl methyl sites for hydroxylation is 1. The van der Waals surface area contributed by atoms with Gasteiger partial charge in [-0.2, -0.15) is 0 Å². The monoisotopic (exact) mass is 369 g/mol. The van der Waals surface area contributed by atoms with Crippen molar-refractivity contribution in [2.24, 2.45) is 5.73 Å². The lowest BCUT2D eigenvalue weighted by Gasteiger charge is -2.11. The summed E-state index contributed by atoms with van der Waals surface area (Å²) >= 11 is 3.26. The molecule has 2 rings (SSSR count). The average Bonchev–Trinajstić information content (AvgIpc) is 2.48. The molecule has 0 aliphatic heterocycles. The quantitative estimate of drug-likeness (QED) is 0.848. The van der Waals surface area contributed by atoms with Gasteiger partial charge in [-0.15, -0.1) is 0 Å². The van der Waals surface area contributed by atoms with Crippen molar-refractivity contribution in [3.05, 3.63) is 52.1 Å². The summed E-state index contributed by atoms with van der Waals surface area (Å²) in [4.78, 5) is 4.18. The molecule has 0 saturated heterocycles. The van der Waals surface area contributed by atoms with Gasteiger partial charge in [0.05, 0.1) is 9.37 Å². The molecule has 0 saturated carbocycles. The van der Waals surface area contributed by atoms with Crippen molar-refractivity contribution < 1.29 is 8.42 Å². The molecular formula is C14H16BrN3O2S. The van der Waals surface area contributed by atoms with Gasteiger partial charge in [-0.05, 0) is 57.7 Å². The van der Waals surface area contributed by atoms with E-state index in [4.69, 9.17) is 5.73 Å². The van der Waals surface area contributed by atoms with Gasteiger partial charge in [0, 0.05) is 12.7 Å². The van der Waals surface area contributed by atoms with Crippen LogP contribution >= 0.6 is 15.9 Å². The van der Waals surface area contributed by atoms with E-state index in [1.165, 1.54) is 6.20 Å². The molecule has 2 aromatic rings. The van der Waals surface area contributed by atoms with Crippen LogP contribution in [0.15, 0.2) is 45.9 Å². The highest BCUT2D eigenvalue weighted by Crippen LogP contribution is 2.23. The maximum atomic E-state index is 12.4. The van der Waals surface area contributed by atoms with Crippen molar-refractivity contribution in [2.75, 3.05) is 4.72 Å². The van der Waals surface area contributed by atoms with Gasteiger partial charge in [0.2, 0.25) is 0 Å². The standard InChI is InChI=1S/C14H16BrN3O2S/c1-2-10-5-6-12(8-11(10)9-16)21(19,20)18-14-13(15)4-3-7-17-14/h3-8H,2,9,16H2,1H3,(H,17,18). The van der Waals surface area contributed by atoms with Crippen molar-refractivity contribution in [3.8, 4) is 0 Å². The maximum absolute atomic E-state index is 12.4. The van der Waals surface area contributed by atoms with Crippen molar-refractivity contribution in [2.45, 2.75) is 24.8 Å². The lowest BCUT2D eigenvalue weighted by Crippen LogP contribution is -2.15. The second-order valence-electron chi connectivity index (χ2n) is 4.43. The molecule has 1 aromatic carbocycles. The summed E-state index contributed by atoms with van der Waals surface area (Å²) in [6.07, 6.45) is 2.33. The zero-order valence-corrected chi connectivity index (χ0v) is 13.9. The van der Waals surface area contributed by atoms with E-state index in [2.05, 4.69) is 25.6 Å². The van der Waals surface area contributed by atoms with Gasteiger partial charge in [0.25, 0.3) is 10.0 Å². The van der Waals surface area contributed by atoms with Gasteiger partial charge < -0.3 is 5.73 Å². The van der Waals surface area contributed by atoms with E-state index < -0.39 is 10.0 Å². The summed E-state index contributed by atoms with van der Waals surface area (Å²) < 4.78 is 27.9. The first-order valence-corrected chi connectivity index (χ1v) is 8.70. The fourth-order valence-corrected chi connectivity index (χ4v) is 3.52. The third-order valence-corrected chi connectivity index (χ3v) is 5.05. The predicted octanol–water partition coefficient (Wildman–Crippen LogP) is 2.67. The van der Waals surface area contributed by atoms with E-state index in [0.717, 1.165) is 17.5 Å². The Morgan fingerprint density at radius 1 is 1.29 bits per heavy atom. The van der Waals surface area contributed by atoms with Gasteiger partial charge in [-0.3, -0.25) is 4.72 Å². The molecule has 3 N–H and O–H groups in total. The molecule has 5 nitrogen and oxygen atoms in total. The van der Waals surface area contributed by atoms with Crippen LogP contribution in [0.2, 0.25) is 0 Å². The van der Waals surface area contributed by atoms with Gasteiger partial charge in [0.1, 0.15) is 0 Å². The summed E-state index contributed by atoms with van der Waals surface area (Å²) in [5.74, 6) is 0.256. The third kappa shape index (κ3) is 3.61. The first-order valence-electron chi connectivity index (χ1n) is 6.43. The molecular weight excluding hydrogens is 354 g/mol. The summed E-state index contributed by atoms with van der Waals surface area (Å²) in [5, 5.41) is 0. The molecule has 0 spiro atoms. The summed E-state index contributed by atoms with van der Waals surface area (Å²) in [5.41, 5.74) is 7.57. The summed E-state index contributed by atoms with van der Waals surface area (Å²) in [6.45, 7) is 2.31. The number of halogens is 1. The Balaban J connectivity index is 2.38. The number of pyridine rings is 1. The molecule has 112 valence electrons. The van der Waals surface area contributed by atoms with E-state index in [1.54, 1.807) is 30.3 Å². The van der Waals surface area contributed by atoms with E-state index in [1.807, 2.05) is 6.92 Å². The Bertz CT molecular complexity index is 748. The number of anilines is 1. The Kier molecular flexibility index (Phi) is 4.97. The number of nitrogens with zero attached hydrogens (tertiary/aromatic N) is 1. The minimum atomic E-state index is -3.69. The molecule has 0 unspecified atom stereocenters. The van der Waals surface area contributed by atoms with Crippen LogP contribution in [0, 0.1) is 0 Å². The maximum Gasteiger partial charge on any atom is 0.263 e. The molecule has 21 heavy (non-hydrogen) atoms. The lowest BCUT2D eigenvalue weighted by molar-refractivity contribution is 0.601. The van der Waals surface area contributed by atoms with Crippen LogP contribution in [-0.4, -0.2) is 13.4 Å². The van der Waals surface area contributed by atoms with Crippen molar-refractivity contribution >= 4 is 31.8 Å². The molecule has 0 amide bonds. The second-order valence-corrected chi connectivity index (χ2v) is 6.96. The Morgan fingerprint density at radius 2 is 2.05 bits per heavy atom. The first-order chi connectivity index (χ1) is 9.97. The number of benzene rings is 1. The molecule has 0 aliphatic carbocycles. The van der Waals surface area contributed by atoms with Gasteiger partial charge in [-0.25, -0.2) is 13.4 Å². The molecule has 1 heterocycles. The van der Waals surface area contributed by atoms with Crippen LogP contribution in [0.1, 0.15) is 18.1 Å².